The van der Waals surface area contributed by atoms with Gasteiger partial charge in [0.2, 0.25) is 11.8 Å². The number of methoxy groups -OCH3 is 1. The predicted molar refractivity (Wildman–Crippen MR) is 113 cm³/mol. The molecule has 0 aliphatic rings. The zero-order valence-corrected chi connectivity index (χ0v) is 17.5. The first-order valence-corrected chi connectivity index (χ1v) is 10.4. The summed E-state index contributed by atoms with van der Waals surface area (Å²) in [4.78, 5) is 28.1. The summed E-state index contributed by atoms with van der Waals surface area (Å²) in [6.07, 6.45) is 0.856. The van der Waals surface area contributed by atoms with Crippen LogP contribution in [-0.4, -0.2) is 42.2 Å². The lowest BCUT2D eigenvalue weighted by Crippen LogP contribution is -2.48. The van der Waals surface area contributed by atoms with E-state index in [2.05, 4.69) is 5.32 Å². The van der Waals surface area contributed by atoms with Crippen molar-refractivity contribution in [3.05, 3.63) is 60.2 Å². The molecule has 0 aromatic heterocycles. The monoisotopic (exact) mass is 400 g/mol. The summed E-state index contributed by atoms with van der Waals surface area (Å²) in [7, 11) is 1.62. The highest BCUT2D eigenvalue weighted by atomic mass is 32.2. The van der Waals surface area contributed by atoms with Crippen molar-refractivity contribution >= 4 is 23.6 Å². The second-order valence-electron chi connectivity index (χ2n) is 6.44. The highest BCUT2D eigenvalue weighted by molar-refractivity contribution is 8.00. The fourth-order valence-electron chi connectivity index (χ4n) is 2.65. The molecule has 0 heterocycles. The Bertz CT molecular complexity index is 750. The molecule has 28 heavy (non-hydrogen) atoms. The van der Waals surface area contributed by atoms with Crippen LogP contribution in [0, 0.1) is 0 Å². The van der Waals surface area contributed by atoms with Crippen molar-refractivity contribution in [1.82, 2.24) is 10.2 Å². The lowest BCUT2D eigenvalue weighted by molar-refractivity contribution is -0.138. The van der Waals surface area contributed by atoms with Crippen LogP contribution in [0.5, 0.6) is 5.75 Å². The van der Waals surface area contributed by atoms with Crippen LogP contribution >= 0.6 is 11.8 Å². The number of hydrogen-bond donors (Lipinski definition) is 1. The minimum Gasteiger partial charge on any atom is -0.497 e. The van der Waals surface area contributed by atoms with Crippen molar-refractivity contribution in [1.29, 1.82) is 0 Å². The molecule has 0 aliphatic carbocycles. The molecule has 0 unspecified atom stereocenters. The third-order valence-corrected chi connectivity index (χ3v) is 5.33. The molecule has 2 rings (SSSR count). The van der Waals surface area contributed by atoms with E-state index in [1.807, 2.05) is 61.5 Å². The predicted octanol–water partition coefficient (Wildman–Crippen LogP) is 3.73. The normalized spacial score (nSPS) is 11.5. The molecule has 2 amide bonds. The van der Waals surface area contributed by atoms with Crippen molar-refractivity contribution in [3.63, 3.8) is 0 Å². The third kappa shape index (κ3) is 6.60. The number of carbonyl (C=O) groups excluding carboxylic acids is 2. The molecule has 0 radical (unpaired) electrons. The van der Waals surface area contributed by atoms with Gasteiger partial charge in [-0.15, -0.1) is 11.8 Å². The van der Waals surface area contributed by atoms with Crippen molar-refractivity contribution in [3.8, 4) is 5.75 Å². The molecule has 150 valence electrons. The number of hydrogen-bond acceptors (Lipinski definition) is 4. The number of nitrogens with zero attached hydrogens (tertiary/aromatic N) is 1. The fraction of sp³-hybridized carbons (Fsp3) is 0.364. The number of ether oxygens (including phenoxy) is 1. The topological polar surface area (TPSA) is 58.6 Å². The van der Waals surface area contributed by atoms with Gasteiger partial charge in [-0.3, -0.25) is 9.59 Å². The average Bonchev–Trinajstić information content (AvgIpc) is 2.74. The summed E-state index contributed by atoms with van der Waals surface area (Å²) in [5, 5.41) is 2.89. The minimum absolute atomic E-state index is 0.0659. The van der Waals surface area contributed by atoms with Gasteiger partial charge >= 0.3 is 0 Å². The molecule has 0 spiro atoms. The SMILES string of the molecule is CCCNC(=O)[C@H](C)N(Cc1ccc(OC)cc1)C(=O)CSc1ccccc1. The molecule has 0 saturated carbocycles. The number of amides is 2. The zero-order valence-electron chi connectivity index (χ0n) is 16.7. The van der Waals surface area contributed by atoms with Gasteiger partial charge in [-0.05, 0) is 43.2 Å². The van der Waals surface area contributed by atoms with E-state index in [9.17, 15) is 9.59 Å². The van der Waals surface area contributed by atoms with Crippen molar-refractivity contribution in [2.24, 2.45) is 0 Å². The highest BCUT2D eigenvalue weighted by Crippen LogP contribution is 2.20. The Morgan fingerprint density at radius 2 is 1.79 bits per heavy atom. The molecule has 5 nitrogen and oxygen atoms in total. The lowest BCUT2D eigenvalue weighted by Gasteiger charge is -2.28. The quantitative estimate of drug-likeness (QED) is 0.618. The van der Waals surface area contributed by atoms with E-state index in [1.54, 1.807) is 18.9 Å². The summed E-state index contributed by atoms with van der Waals surface area (Å²) in [6.45, 7) is 4.76. The van der Waals surface area contributed by atoms with Gasteiger partial charge in [0.05, 0.1) is 12.9 Å². The van der Waals surface area contributed by atoms with Gasteiger partial charge in [-0.25, -0.2) is 0 Å². The Balaban J connectivity index is 2.11. The molecule has 2 aromatic carbocycles. The van der Waals surface area contributed by atoms with Gasteiger partial charge in [-0.1, -0.05) is 37.3 Å². The molecule has 0 fully saturated rings. The van der Waals surface area contributed by atoms with E-state index in [-0.39, 0.29) is 17.6 Å². The Kier molecular flexibility index (Phi) is 8.88. The number of thioether (sulfide) groups is 1. The first-order chi connectivity index (χ1) is 13.5. The van der Waals surface area contributed by atoms with Gasteiger partial charge in [0, 0.05) is 18.0 Å². The largest absolute Gasteiger partial charge is 0.497 e. The summed E-state index contributed by atoms with van der Waals surface area (Å²) in [5.41, 5.74) is 0.953. The molecular formula is C22H28N2O3S. The first kappa shape index (κ1) is 21.8. The van der Waals surface area contributed by atoms with Crippen molar-refractivity contribution < 1.29 is 14.3 Å². The molecule has 0 saturated heterocycles. The van der Waals surface area contributed by atoms with Gasteiger partial charge in [0.1, 0.15) is 11.8 Å². The summed E-state index contributed by atoms with van der Waals surface area (Å²) in [6, 6.07) is 16.8. The maximum absolute atomic E-state index is 13.0. The van der Waals surface area contributed by atoms with Crippen LogP contribution in [0.25, 0.3) is 0 Å². The summed E-state index contributed by atoms with van der Waals surface area (Å²) >= 11 is 1.48. The Morgan fingerprint density at radius 3 is 2.39 bits per heavy atom. The van der Waals surface area contributed by atoms with Crippen LogP contribution in [0.15, 0.2) is 59.5 Å². The summed E-state index contributed by atoms with van der Waals surface area (Å²) < 4.78 is 5.19. The average molecular weight is 401 g/mol. The summed E-state index contributed by atoms with van der Waals surface area (Å²) in [5.74, 6) is 0.846. The molecule has 2 aromatic rings. The van der Waals surface area contributed by atoms with E-state index in [0.29, 0.717) is 13.1 Å². The van der Waals surface area contributed by atoms with Crippen molar-refractivity contribution in [2.75, 3.05) is 19.4 Å². The standard InChI is InChI=1S/C22H28N2O3S/c1-4-14-23-22(26)17(2)24(15-18-10-12-19(27-3)13-11-18)21(25)16-28-20-8-6-5-7-9-20/h5-13,17H,4,14-16H2,1-3H3,(H,23,26)/t17-/m0/s1. The molecule has 6 heteroatoms. The molecule has 0 bridgehead atoms. The second-order valence-corrected chi connectivity index (χ2v) is 7.49. The molecule has 1 atom stereocenters. The number of benzene rings is 2. The highest BCUT2D eigenvalue weighted by Gasteiger charge is 2.25. The maximum Gasteiger partial charge on any atom is 0.242 e. The molecule has 1 N–H and O–H groups in total. The lowest BCUT2D eigenvalue weighted by atomic mass is 10.1. The number of carbonyl (C=O) groups is 2. The van der Waals surface area contributed by atoms with Gasteiger partial charge in [0.15, 0.2) is 0 Å². The van der Waals surface area contributed by atoms with Crippen molar-refractivity contribution in [2.45, 2.75) is 37.8 Å². The smallest absolute Gasteiger partial charge is 0.242 e. The van der Waals surface area contributed by atoms with Crippen LogP contribution in [0.4, 0.5) is 0 Å². The molecular weight excluding hydrogens is 372 g/mol. The Labute approximate surface area is 171 Å². The van der Waals surface area contributed by atoms with Gasteiger partial charge in [-0.2, -0.15) is 0 Å². The number of rotatable bonds is 10. The molecule has 0 aliphatic heterocycles. The van der Waals surface area contributed by atoms with Crippen LogP contribution in [0.1, 0.15) is 25.8 Å². The second kappa shape index (κ2) is 11.4. The Morgan fingerprint density at radius 1 is 1.11 bits per heavy atom. The van der Waals surface area contributed by atoms with Crippen LogP contribution in [-0.2, 0) is 16.1 Å². The van der Waals surface area contributed by atoms with E-state index >= 15 is 0 Å². The first-order valence-electron chi connectivity index (χ1n) is 9.43. The van der Waals surface area contributed by atoms with Gasteiger partial charge < -0.3 is 15.0 Å². The Hall–Kier alpha value is -2.47. The van der Waals surface area contributed by atoms with Gasteiger partial charge in [0.25, 0.3) is 0 Å². The fourth-order valence-corrected chi connectivity index (χ4v) is 3.46. The van der Waals surface area contributed by atoms with Crippen LogP contribution < -0.4 is 10.1 Å². The van der Waals surface area contributed by atoms with E-state index < -0.39 is 6.04 Å². The zero-order chi connectivity index (χ0) is 20.4. The number of nitrogens with one attached hydrogen (secondary N) is 1. The maximum atomic E-state index is 13.0. The van der Waals surface area contributed by atoms with Crippen LogP contribution in [0.2, 0.25) is 0 Å². The van der Waals surface area contributed by atoms with E-state index in [4.69, 9.17) is 4.74 Å². The third-order valence-electron chi connectivity index (χ3n) is 4.33. The minimum atomic E-state index is -0.544. The van der Waals surface area contributed by atoms with E-state index in [1.165, 1.54) is 11.8 Å². The van der Waals surface area contributed by atoms with E-state index in [0.717, 1.165) is 22.6 Å². The van der Waals surface area contributed by atoms with Crippen LogP contribution in [0.3, 0.4) is 0 Å².